The molecule has 1 fully saturated rings. The number of aryl methyl sites for hydroxylation is 1. The summed E-state index contributed by atoms with van der Waals surface area (Å²) in [5.41, 5.74) is 9.08. The summed E-state index contributed by atoms with van der Waals surface area (Å²) in [6, 6.07) is 4.88. The van der Waals surface area contributed by atoms with Crippen LogP contribution >= 0.6 is 0 Å². The lowest BCUT2D eigenvalue weighted by atomic mass is 10.1. The predicted octanol–water partition coefficient (Wildman–Crippen LogP) is 2.61. The largest absolute Gasteiger partial charge is 0.340 e. The lowest BCUT2D eigenvalue weighted by Crippen LogP contribution is -2.50. The number of hydrogen-bond acceptors (Lipinski definition) is 5. The maximum Gasteiger partial charge on any atom is 0.206 e. The third-order valence-corrected chi connectivity index (χ3v) is 4.83. The van der Waals surface area contributed by atoms with Crippen LogP contribution in [0.3, 0.4) is 0 Å². The zero-order valence-corrected chi connectivity index (χ0v) is 15.0. The minimum atomic E-state index is -0.992. The number of piperidine rings is 1. The molecule has 2 aromatic heterocycles. The number of benzene rings is 1. The highest BCUT2D eigenvalue weighted by Gasteiger charge is 2.29. The van der Waals surface area contributed by atoms with Crippen LogP contribution in [-0.4, -0.2) is 44.8 Å². The van der Waals surface area contributed by atoms with Crippen molar-refractivity contribution >= 4 is 22.7 Å². The number of rotatable bonds is 3. The zero-order chi connectivity index (χ0) is 19.0. The lowest BCUT2D eigenvalue weighted by molar-refractivity contribution is 0.243. The first-order valence-corrected chi connectivity index (χ1v) is 8.85. The van der Waals surface area contributed by atoms with Crippen LogP contribution in [0.15, 0.2) is 30.6 Å². The number of imidazole rings is 1. The highest BCUT2D eigenvalue weighted by Crippen LogP contribution is 2.29. The van der Waals surface area contributed by atoms with Crippen molar-refractivity contribution in [1.82, 2.24) is 19.5 Å². The van der Waals surface area contributed by atoms with Gasteiger partial charge in [0.05, 0.1) is 30.2 Å². The molecule has 0 aliphatic carbocycles. The molecule has 0 saturated carbocycles. The number of alkyl halides is 1. The fourth-order valence-corrected chi connectivity index (χ4v) is 3.35. The molecule has 0 bridgehead atoms. The summed E-state index contributed by atoms with van der Waals surface area (Å²) in [7, 11) is 0. The number of halogens is 1. The first-order chi connectivity index (χ1) is 13.0. The summed E-state index contributed by atoms with van der Waals surface area (Å²) in [5, 5.41) is 0. The fraction of sp³-hybridized carbons (Fsp3) is 0.368. The Bertz CT molecular complexity index is 1010. The van der Waals surface area contributed by atoms with Gasteiger partial charge in [0.1, 0.15) is 12.0 Å². The number of hydrogen-bond donors (Lipinski definition) is 1. The molecule has 1 saturated heterocycles. The van der Waals surface area contributed by atoms with Crippen molar-refractivity contribution < 1.29 is 4.39 Å². The summed E-state index contributed by atoms with van der Waals surface area (Å²) in [6.07, 6.45) is 2.94. The number of nitrogens with two attached hydrogens (primary N) is 1. The van der Waals surface area contributed by atoms with Gasteiger partial charge in [0.2, 0.25) is 5.95 Å². The molecule has 27 heavy (non-hydrogen) atoms. The average Bonchev–Trinajstić information content (AvgIpc) is 3.03. The first-order valence-electron chi connectivity index (χ1n) is 8.85. The summed E-state index contributed by atoms with van der Waals surface area (Å²) in [4.78, 5) is 19.0. The minimum absolute atomic E-state index is 0.374. The van der Waals surface area contributed by atoms with E-state index in [1.807, 2.05) is 22.5 Å². The van der Waals surface area contributed by atoms with Crippen LogP contribution in [-0.2, 0) is 6.54 Å². The van der Waals surface area contributed by atoms with Crippen LogP contribution in [0.5, 0.6) is 0 Å². The molecule has 3 heterocycles. The third kappa shape index (κ3) is 3.34. The van der Waals surface area contributed by atoms with E-state index in [2.05, 4.69) is 14.8 Å². The van der Waals surface area contributed by atoms with Crippen molar-refractivity contribution in [2.75, 3.05) is 18.0 Å². The molecule has 8 heteroatoms. The molecule has 0 spiro atoms. The van der Waals surface area contributed by atoms with Gasteiger partial charge in [-0.1, -0.05) is 6.07 Å². The van der Waals surface area contributed by atoms with E-state index in [0.717, 1.165) is 16.6 Å². The Balaban J connectivity index is 1.78. The van der Waals surface area contributed by atoms with Crippen LogP contribution < -0.4 is 10.6 Å². The molecule has 2 N–H and O–H groups in total. The second kappa shape index (κ2) is 6.93. The number of nitrogens with zero attached hydrogens (tertiary/aromatic N) is 6. The topological polar surface area (TPSA) is 77.2 Å². The molecule has 138 valence electrons. The number of aromatic nitrogens is 4. The predicted molar refractivity (Wildman–Crippen MR) is 102 cm³/mol. The van der Waals surface area contributed by atoms with E-state index in [-0.39, 0.29) is 0 Å². The standard InChI is InChI=1S/C19H20FN7/c1-12-8-23-18(24-9-12)11-27-17-4-3-13(22-2)7-16(17)25-19(27)26-6-5-14(20)15(21)10-26/h3-4,7-9,14-15H,5-6,10-11,21H2,1H3/t14-,15?/m1/s1. The summed E-state index contributed by atoms with van der Waals surface area (Å²) >= 11 is 0. The van der Waals surface area contributed by atoms with Gasteiger partial charge in [-0.25, -0.2) is 24.2 Å². The minimum Gasteiger partial charge on any atom is -0.340 e. The molecule has 1 aromatic carbocycles. The van der Waals surface area contributed by atoms with Crippen molar-refractivity contribution in [3.8, 4) is 0 Å². The van der Waals surface area contributed by atoms with Gasteiger partial charge in [-0.15, -0.1) is 0 Å². The van der Waals surface area contributed by atoms with E-state index in [4.69, 9.17) is 17.3 Å². The second-order valence-electron chi connectivity index (χ2n) is 6.87. The van der Waals surface area contributed by atoms with E-state index < -0.39 is 12.2 Å². The molecule has 1 aliphatic rings. The van der Waals surface area contributed by atoms with Gasteiger partial charge in [-0.2, -0.15) is 0 Å². The van der Waals surface area contributed by atoms with Crippen molar-refractivity contribution in [1.29, 1.82) is 0 Å². The van der Waals surface area contributed by atoms with Crippen LogP contribution in [0.1, 0.15) is 17.8 Å². The number of anilines is 1. The lowest BCUT2D eigenvalue weighted by Gasteiger charge is -2.34. The molecule has 0 radical (unpaired) electrons. The molecule has 2 atom stereocenters. The van der Waals surface area contributed by atoms with Gasteiger partial charge < -0.3 is 15.2 Å². The maximum absolute atomic E-state index is 13.8. The Labute approximate surface area is 156 Å². The molecule has 3 aromatic rings. The van der Waals surface area contributed by atoms with E-state index in [0.29, 0.717) is 43.5 Å². The first kappa shape index (κ1) is 17.4. The van der Waals surface area contributed by atoms with Crippen molar-refractivity contribution in [3.05, 3.63) is 53.4 Å². The summed E-state index contributed by atoms with van der Waals surface area (Å²) in [5.74, 6) is 1.37. The Morgan fingerprint density at radius 3 is 2.81 bits per heavy atom. The normalized spacial score (nSPS) is 20.0. The second-order valence-corrected chi connectivity index (χ2v) is 6.87. The Kier molecular flexibility index (Phi) is 4.46. The van der Waals surface area contributed by atoms with Gasteiger partial charge in [0.25, 0.3) is 0 Å². The zero-order valence-electron chi connectivity index (χ0n) is 15.0. The van der Waals surface area contributed by atoms with Crippen molar-refractivity contribution in [2.24, 2.45) is 5.73 Å². The fourth-order valence-electron chi connectivity index (χ4n) is 3.35. The van der Waals surface area contributed by atoms with Crippen LogP contribution in [0, 0.1) is 13.5 Å². The van der Waals surface area contributed by atoms with Gasteiger partial charge in [-0.05, 0) is 31.0 Å². The maximum atomic E-state index is 13.8. The van der Waals surface area contributed by atoms with Crippen LogP contribution in [0.4, 0.5) is 16.0 Å². The summed E-state index contributed by atoms with van der Waals surface area (Å²) < 4.78 is 15.8. The average molecular weight is 365 g/mol. The Hall–Kier alpha value is -3.05. The highest BCUT2D eigenvalue weighted by atomic mass is 19.1. The van der Waals surface area contributed by atoms with Gasteiger partial charge >= 0.3 is 0 Å². The Morgan fingerprint density at radius 1 is 1.33 bits per heavy atom. The molecular weight excluding hydrogens is 345 g/mol. The smallest absolute Gasteiger partial charge is 0.206 e. The highest BCUT2D eigenvalue weighted by molar-refractivity contribution is 5.83. The van der Waals surface area contributed by atoms with Crippen LogP contribution in [0.25, 0.3) is 15.9 Å². The van der Waals surface area contributed by atoms with Crippen LogP contribution in [0.2, 0.25) is 0 Å². The van der Waals surface area contributed by atoms with E-state index >= 15 is 0 Å². The molecule has 1 aliphatic heterocycles. The van der Waals surface area contributed by atoms with Gasteiger partial charge in [-0.3, -0.25) is 0 Å². The van der Waals surface area contributed by atoms with Gasteiger partial charge in [0.15, 0.2) is 5.69 Å². The Morgan fingerprint density at radius 2 is 2.11 bits per heavy atom. The van der Waals surface area contributed by atoms with Gasteiger partial charge in [0, 0.05) is 25.5 Å². The van der Waals surface area contributed by atoms with E-state index in [1.54, 1.807) is 24.5 Å². The van der Waals surface area contributed by atoms with E-state index in [9.17, 15) is 4.39 Å². The quantitative estimate of drug-likeness (QED) is 0.722. The molecular formula is C19H20FN7. The van der Waals surface area contributed by atoms with Crippen molar-refractivity contribution in [2.45, 2.75) is 32.1 Å². The molecule has 4 rings (SSSR count). The van der Waals surface area contributed by atoms with E-state index in [1.165, 1.54) is 0 Å². The molecule has 7 nitrogen and oxygen atoms in total. The number of fused-ring (bicyclic) bond motifs is 1. The molecule has 1 unspecified atom stereocenters. The summed E-state index contributed by atoms with van der Waals surface area (Å²) in [6.45, 7) is 10.5. The van der Waals surface area contributed by atoms with Crippen molar-refractivity contribution in [3.63, 3.8) is 0 Å². The SMILES string of the molecule is [C-]#[N+]c1ccc2c(c1)nc(N1CC[C@@H](F)C(N)C1)n2Cc1ncc(C)cn1. The third-order valence-electron chi connectivity index (χ3n) is 4.83. The molecule has 0 amide bonds. The monoisotopic (exact) mass is 365 g/mol.